The Hall–Kier alpha value is -2.23. The van der Waals surface area contributed by atoms with Gasteiger partial charge in [0.25, 0.3) is 5.91 Å². The predicted octanol–water partition coefficient (Wildman–Crippen LogP) is 4.41. The molecule has 0 atom stereocenters. The molecular formula is C21H25NO3. The van der Waals surface area contributed by atoms with Crippen LogP contribution in [0.5, 0.6) is 5.75 Å². The minimum atomic E-state index is -0.115. The molecule has 2 aliphatic carbocycles. The lowest BCUT2D eigenvalue weighted by atomic mass is 9.95. The van der Waals surface area contributed by atoms with Gasteiger partial charge in [-0.05, 0) is 67.5 Å². The van der Waals surface area contributed by atoms with Gasteiger partial charge < -0.3 is 14.5 Å². The molecule has 1 aromatic heterocycles. The van der Waals surface area contributed by atoms with Crippen LogP contribution in [0.3, 0.4) is 0 Å². The second-order valence-electron chi connectivity index (χ2n) is 7.15. The van der Waals surface area contributed by atoms with Crippen LogP contribution in [0.15, 0.2) is 34.7 Å². The van der Waals surface area contributed by atoms with Gasteiger partial charge in [-0.1, -0.05) is 25.3 Å². The van der Waals surface area contributed by atoms with E-state index in [-0.39, 0.29) is 11.9 Å². The van der Waals surface area contributed by atoms with Crippen molar-refractivity contribution in [2.24, 2.45) is 0 Å². The van der Waals surface area contributed by atoms with Crippen LogP contribution >= 0.6 is 0 Å². The Morgan fingerprint density at radius 1 is 1.04 bits per heavy atom. The van der Waals surface area contributed by atoms with Gasteiger partial charge in [0.15, 0.2) is 5.76 Å². The SMILES string of the molecule is O=C(NC1CCCCC1)c1ccc(COc2ccc3c(c2)CCC3)o1. The molecule has 4 nitrogen and oxygen atoms in total. The summed E-state index contributed by atoms with van der Waals surface area (Å²) >= 11 is 0. The van der Waals surface area contributed by atoms with E-state index in [4.69, 9.17) is 9.15 Å². The molecule has 1 aromatic carbocycles. The van der Waals surface area contributed by atoms with Crippen molar-refractivity contribution in [3.8, 4) is 5.75 Å². The molecule has 25 heavy (non-hydrogen) atoms. The number of nitrogens with one attached hydrogen (secondary N) is 1. The van der Waals surface area contributed by atoms with Crippen molar-refractivity contribution in [3.05, 3.63) is 53.0 Å². The average Bonchev–Trinajstić information content (AvgIpc) is 3.29. The van der Waals surface area contributed by atoms with E-state index in [1.807, 2.05) is 12.1 Å². The molecule has 1 heterocycles. The Kier molecular flexibility index (Phi) is 4.77. The third-order valence-corrected chi connectivity index (χ3v) is 5.28. The third kappa shape index (κ3) is 3.89. The quantitative estimate of drug-likeness (QED) is 0.878. The summed E-state index contributed by atoms with van der Waals surface area (Å²) in [6.07, 6.45) is 9.35. The van der Waals surface area contributed by atoms with Crippen molar-refractivity contribution in [2.75, 3.05) is 0 Å². The molecule has 0 unspecified atom stereocenters. The summed E-state index contributed by atoms with van der Waals surface area (Å²) in [6, 6.07) is 10.1. The zero-order chi connectivity index (χ0) is 17.1. The Bertz CT molecular complexity index is 743. The molecule has 0 radical (unpaired) electrons. The highest BCUT2D eigenvalue weighted by Crippen LogP contribution is 2.26. The number of furan rings is 1. The van der Waals surface area contributed by atoms with Gasteiger partial charge in [0.2, 0.25) is 0 Å². The molecule has 4 rings (SSSR count). The molecule has 1 saturated carbocycles. The van der Waals surface area contributed by atoms with E-state index in [1.165, 1.54) is 43.2 Å². The fourth-order valence-corrected chi connectivity index (χ4v) is 3.87. The fourth-order valence-electron chi connectivity index (χ4n) is 3.87. The molecule has 0 aliphatic heterocycles. The van der Waals surface area contributed by atoms with Crippen molar-refractivity contribution >= 4 is 5.91 Å². The number of aryl methyl sites for hydroxylation is 2. The van der Waals surface area contributed by atoms with Crippen LogP contribution in [0.1, 0.15) is 66.0 Å². The summed E-state index contributed by atoms with van der Waals surface area (Å²) in [5.74, 6) is 1.80. The summed E-state index contributed by atoms with van der Waals surface area (Å²) < 4.78 is 11.5. The Balaban J connectivity index is 1.32. The zero-order valence-corrected chi connectivity index (χ0v) is 14.6. The normalized spacial score (nSPS) is 17.3. The zero-order valence-electron chi connectivity index (χ0n) is 14.6. The molecule has 0 bridgehead atoms. The summed E-state index contributed by atoms with van der Waals surface area (Å²) in [7, 11) is 0. The van der Waals surface area contributed by atoms with E-state index in [0.29, 0.717) is 18.1 Å². The van der Waals surface area contributed by atoms with Crippen LogP contribution < -0.4 is 10.1 Å². The molecule has 1 amide bonds. The number of ether oxygens (including phenoxy) is 1. The third-order valence-electron chi connectivity index (χ3n) is 5.28. The second kappa shape index (κ2) is 7.34. The van der Waals surface area contributed by atoms with E-state index < -0.39 is 0 Å². The lowest BCUT2D eigenvalue weighted by Crippen LogP contribution is -2.35. The highest BCUT2D eigenvalue weighted by atomic mass is 16.5. The largest absolute Gasteiger partial charge is 0.486 e. The van der Waals surface area contributed by atoms with E-state index >= 15 is 0 Å². The number of hydrogen-bond acceptors (Lipinski definition) is 3. The lowest BCUT2D eigenvalue weighted by molar-refractivity contribution is 0.0895. The second-order valence-corrected chi connectivity index (χ2v) is 7.15. The van der Waals surface area contributed by atoms with Gasteiger partial charge in [0.1, 0.15) is 18.1 Å². The van der Waals surface area contributed by atoms with Crippen LogP contribution in [-0.4, -0.2) is 11.9 Å². The van der Waals surface area contributed by atoms with Gasteiger partial charge in [-0.15, -0.1) is 0 Å². The van der Waals surface area contributed by atoms with Gasteiger partial charge in [-0.2, -0.15) is 0 Å². The average molecular weight is 339 g/mol. The first kappa shape index (κ1) is 16.2. The molecule has 0 saturated heterocycles. The topological polar surface area (TPSA) is 51.5 Å². The molecule has 1 N–H and O–H groups in total. The van der Waals surface area contributed by atoms with Crippen LogP contribution in [0.4, 0.5) is 0 Å². The van der Waals surface area contributed by atoms with Crippen molar-refractivity contribution in [2.45, 2.75) is 64.0 Å². The molecule has 4 heteroatoms. The molecular weight excluding hydrogens is 314 g/mol. The molecule has 0 spiro atoms. The Labute approximate surface area is 148 Å². The first-order chi connectivity index (χ1) is 12.3. The summed E-state index contributed by atoms with van der Waals surface area (Å²) in [6.45, 7) is 0.343. The van der Waals surface area contributed by atoms with Crippen LogP contribution in [0.25, 0.3) is 0 Å². The number of rotatable bonds is 5. The number of amides is 1. The summed E-state index contributed by atoms with van der Waals surface area (Å²) in [5.41, 5.74) is 2.83. The number of carbonyl (C=O) groups is 1. The number of hydrogen-bond donors (Lipinski definition) is 1. The minimum Gasteiger partial charge on any atom is -0.486 e. The van der Waals surface area contributed by atoms with Crippen molar-refractivity contribution < 1.29 is 13.9 Å². The standard InChI is InChI=1S/C21H25NO3/c23-21(22-17-7-2-1-3-8-17)20-12-11-19(25-20)14-24-18-10-9-15-5-4-6-16(15)13-18/h9-13,17H,1-8,14H2,(H,22,23). The molecule has 2 aromatic rings. The van der Waals surface area contributed by atoms with Gasteiger partial charge in [-0.25, -0.2) is 0 Å². The maximum absolute atomic E-state index is 12.3. The number of benzene rings is 1. The van der Waals surface area contributed by atoms with Crippen molar-refractivity contribution in [1.82, 2.24) is 5.32 Å². The van der Waals surface area contributed by atoms with Gasteiger partial charge >= 0.3 is 0 Å². The Morgan fingerprint density at radius 3 is 2.76 bits per heavy atom. The van der Waals surface area contributed by atoms with E-state index in [1.54, 1.807) is 6.07 Å². The highest BCUT2D eigenvalue weighted by molar-refractivity contribution is 5.91. The fraction of sp³-hybridized carbons (Fsp3) is 0.476. The van der Waals surface area contributed by atoms with E-state index in [0.717, 1.165) is 25.0 Å². The monoisotopic (exact) mass is 339 g/mol. The van der Waals surface area contributed by atoms with Crippen molar-refractivity contribution in [1.29, 1.82) is 0 Å². The number of fused-ring (bicyclic) bond motifs is 1. The smallest absolute Gasteiger partial charge is 0.287 e. The lowest BCUT2D eigenvalue weighted by Gasteiger charge is -2.22. The molecule has 132 valence electrons. The summed E-state index contributed by atoms with van der Waals surface area (Å²) in [4.78, 5) is 12.3. The predicted molar refractivity (Wildman–Crippen MR) is 95.8 cm³/mol. The maximum Gasteiger partial charge on any atom is 0.287 e. The van der Waals surface area contributed by atoms with Gasteiger partial charge in [0, 0.05) is 6.04 Å². The van der Waals surface area contributed by atoms with Crippen molar-refractivity contribution in [3.63, 3.8) is 0 Å². The van der Waals surface area contributed by atoms with E-state index in [2.05, 4.69) is 17.4 Å². The Morgan fingerprint density at radius 2 is 1.88 bits per heavy atom. The van der Waals surface area contributed by atoms with Crippen LogP contribution in [0, 0.1) is 0 Å². The first-order valence-electron chi connectivity index (χ1n) is 9.42. The first-order valence-corrected chi connectivity index (χ1v) is 9.42. The number of carbonyl (C=O) groups excluding carboxylic acids is 1. The highest BCUT2D eigenvalue weighted by Gasteiger charge is 2.19. The molecule has 1 fully saturated rings. The van der Waals surface area contributed by atoms with E-state index in [9.17, 15) is 4.79 Å². The van der Waals surface area contributed by atoms with Crippen LogP contribution in [0.2, 0.25) is 0 Å². The molecule has 2 aliphatic rings. The minimum absolute atomic E-state index is 0.115. The van der Waals surface area contributed by atoms with Gasteiger partial charge in [-0.3, -0.25) is 4.79 Å². The van der Waals surface area contributed by atoms with Crippen LogP contribution in [-0.2, 0) is 19.4 Å². The van der Waals surface area contributed by atoms with Gasteiger partial charge in [0.05, 0.1) is 0 Å². The summed E-state index contributed by atoms with van der Waals surface area (Å²) in [5, 5.41) is 3.08. The maximum atomic E-state index is 12.3.